The number of fused-ring (bicyclic) bond motifs is 1. The van der Waals surface area contributed by atoms with Gasteiger partial charge in [0, 0.05) is 12.1 Å². The van der Waals surface area contributed by atoms with E-state index < -0.39 is 11.9 Å². The SMILES string of the molecule is COc1cccc(C(C(=O)NCc2ccccc2)N(Cc2ccco2)C(=O)Cn2nnc3ccccc32)c1OC. The van der Waals surface area contributed by atoms with Gasteiger partial charge < -0.3 is 24.1 Å². The van der Waals surface area contributed by atoms with Gasteiger partial charge in [-0.3, -0.25) is 9.59 Å². The van der Waals surface area contributed by atoms with Gasteiger partial charge in [-0.15, -0.1) is 5.10 Å². The Labute approximate surface area is 231 Å². The van der Waals surface area contributed by atoms with E-state index in [1.54, 1.807) is 30.3 Å². The van der Waals surface area contributed by atoms with Crippen LogP contribution in [-0.2, 0) is 29.2 Å². The third-order valence-electron chi connectivity index (χ3n) is 6.53. The lowest BCUT2D eigenvalue weighted by molar-refractivity contribution is -0.142. The average molecular weight is 540 g/mol. The minimum atomic E-state index is -1.08. The van der Waals surface area contributed by atoms with Gasteiger partial charge in [0.1, 0.15) is 23.9 Å². The van der Waals surface area contributed by atoms with Crippen LogP contribution in [0.2, 0.25) is 0 Å². The molecule has 1 atom stereocenters. The molecule has 10 nitrogen and oxygen atoms in total. The molecule has 2 aromatic heterocycles. The molecule has 2 heterocycles. The first-order valence-electron chi connectivity index (χ1n) is 12.7. The highest BCUT2D eigenvalue weighted by Crippen LogP contribution is 2.38. The number of carbonyl (C=O) groups is 2. The number of nitrogens with one attached hydrogen (secondary N) is 1. The maximum atomic E-state index is 14.1. The van der Waals surface area contributed by atoms with E-state index in [1.807, 2.05) is 54.6 Å². The summed E-state index contributed by atoms with van der Waals surface area (Å²) < 4.78 is 18.3. The number of methoxy groups -OCH3 is 2. The molecule has 0 fully saturated rings. The molecule has 5 aromatic rings. The van der Waals surface area contributed by atoms with Crippen LogP contribution in [0.1, 0.15) is 22.9 Å². The Bertz CT molecular complexity index is 1580. The molecule has 2 amide bonds. The van der Waals surface area contributed by atoms with Gasteiger partial charge >= 0.3 is 0 Å². The molecule has 10 heteroatoms. The summed E-state index contributed by atoms with van der Waals surface area (Å²) in [6.45, 7) is 0.164. The molecule has 0 bridgehead atoms. The second kappa shape index (κ2) is 12.2. The zero-order chi connectivity index (χ0) is 27.9. The van der Waals surface area contributed by atoms with Crippen LogP contribution in [0.5, 0.6) is 11.5 Å². The van der Waals surface area contributed by atoms with Crippen LogP contribution in [0.3, 0.4) is 0 Å². The van der Waals surface area contributed by atoms with Gasteiger partial charge in [-0.25, -0.2) is 4.68 Å². The summed E-state index contributed by atoms with van der Waals surface area (Å²) in [7, 11) is 3.02. The number of nitrogens with zero attached hydrogens (tertiary/aromatic N) is 4. The molecule has 3 aromatic carbocycles. The first-order valence-corrected chi connectivity index (χ1v) is 12.7. The van der Waals surface area contributed by atoms with Crippen molar-refractivity contribution < 1.29 is 23.5 Å². The average Bonchev–Trinajstić information content (AvgIpc) is 3.66. The molecule has 1 unspecified atom stereocenters. The molecule has 40 heavy (non-hydrogen) atoms. The quantitative estimate of drug-likeness (QED) is 0.269. The standard InChI is InChI=1S/C30H29N5O5/c1-38-26-16-8-13-23(29(26)39-2)28(30(37)31-18-21-10-4-3-5-11-21)34(19-22-12-9-17-40-22)27(36)20-35-25-15-7-6-14-24(25)32-33-35/h3-17,28H,18-20H2,1-2H3,(H,31,37). The van der Waals surface area contributed by atoms with Gasteiger partial charge in [-0.1, -0.05) is 59.8 Å². The van der Waals surface area contributed by atoms with Gasteiger partial charge in [-0.05, 0) is 35.9 Å². The van der Waals surface area contributed by atoms with Crippen molar-refractivity contribution in [3.8, 4) is 11.5 Å². The highest BCUT2D eigenvalue weighted by molar-refractivity contribution is 5.90. The van der Waals surface area contributed by atoms with E-state index in [2.05, 4.69) is 15.6 Å². The van der Waals surface area contributed by atoms with E-state index in [-0.39, 0.29) is 25.5 Å². The lowest BCUT2D eigenvalue weighted by Gasteiger charge is -2.32. The number of amides is 2. The van der Waals surface area contributed by atoms with Gasteiger partial charge in [0.2, 0.25) is 11.8 Å². The van der Waals surface area contributed by atoms with E-state index in [9.17, 15) is 9.59 Å². The highest BCUT2D eigenvalue weighted by atomic mass is 16.5. The molecular formula is C30H29N5O5. The number of ether oxygens (including phenoxy) is 2. The van der Waals surface area contributed by atoms with Gasteiger partial charge in [0.05, 0.1) is 32.5 Å². The van der Waals surface area contributed by atoms with Crippen LogP contribution in [0.4, 0.5) is 0 Å². The monoisotopic (exact) mass is 539 g/mol. The van der Waals surface area contributed by atoms with Crippen molar-refractivity contribution in [3.63, 3.8) is 0 Å². The number of rotatable bonds is 11. The summed E-state index contributed by atoms with van der Waals surface area (Å²) in [5.74, 6) is 0.553. The largest absolute Gasteiger partial charge is 0.493 e. The molecule has 0 saturated carbocycles. The fraction of sp³-hybridized carbons (Fsp3) is 0.200. The number of furan rings is 1. The molecular weight excluding hydrogens is 510 g/mol. The van der Waals surface area contributed by atoms with Crippen molar-refractivity contribution in [1.29, 1.82) is 0 Å². The normalized spacial score (nSPS) is 11.7. The van der Waals surface area contributed by atoms with Crippen LogP contribution in [0.25, 0.3) is 11.0 Å². The second-order valence-corrected chi connectivity index (χ2v) is 9.03. The first-order chi connectivity index (χ1) is 19.6. The zero-order valence-electron chi connectivity index (χ0n) is 22.2. The molecule has 5 rings (SSSR count). The summed E-state index contributed by atoms with van der Waals surface area (Å²) in [6, 6.07) is 24.6. The number of aromatic nitrogens is 3. The Morgan fingerprint density at radius 2 is 1.75 bits per heavy atom. The third-order valence-corrected chi connectivity index (χ3v) is 6.53. The Morgan fingerprint density at radius 1 is 0.950 bits per heavy atom. The summed E-state index contributed by atoms with van der Waals surface area (Å²) in [5, 5.41) is 11.3. The predicted molar refractivity (Wildman–Crippen MR) is 147 cm³/mol. The summed E-state index contributed by atoms with van der Waals surface area (Å²) in [5.41, 5.74) is 2.76. The van der Waals surface area contributed by atoms with Crippen molar-refractivity contribution in [2.24, 2.45) is 0 Å². The zero-order valence-corrected chi connectivity index (χ0v) is 22.2. The summed E-state index contributed by atoms with van der Waals surface area (Å²) in [6.07, 6.45) is 1.53. The minimum Gasteiger partial charge on any atom is -0.493 e. The molecule has 0 aliphatic rings. The molecule has 0 radical (unpaired) electrons. The molecule has 204 valence electrons. The van der Waals surface area contributed by atoms with Crippen molar-refractivity contribution >= 4 is 22.8 Å². The molecule has 1 N–H and O–H groups in total. The number of benzene rings is 3. The number of hydrogen-bond acceptors (Lipinski definition) is 7. The van der Waals surface area contributed by atoms with E-state index in [0.29, 0.717) is 33.9 Å². The van der Waals surface area contributed by atoms with Crippen molar-refractivity contribution in [2.75, 3.05) is 14.2 Å². The van der Waals surface area contributed by atoms with Crippen LogP contribution >= 0.6 is 0 Å². The third kappa shape index (κ3) is 5.65. The Balaban J connectivity index is 1.56. The summed E-state index contributed by atoms with van der Waals surface area (Å²) >= 11 is 0. The highest BCUT2D eigenvalue weighted by Gasteiger charge is 2.35. The topological polar surface area (TPSA) is 112 Å². The van der Waals surface area contributed by atoms with E-state index in [0.717, 1.165) is 5.56 Å². The van der Waals surface area contributed by atoms with E-state index in [1.165, 1.54) is 30.1 Å². The maximum absolute atomic E-state index is 14.1. The van der Waals surface area contributed by atoms with Crippen molar-refractivity contribution in [3.05, 3.63) is 108 Å². The molecule has 0 saturated heterocycles. The lowest BCUT2D eigenvalue weighted by atomic mass is 10.0. The van der Waals surface area contributed by atoms with Crippen molar-refractivity contribution in [1.82, 2.24) is 25.2 Å². The molecule has 0 aliphatic carbocycles. The van der Waals surface area contributed by atoms with Gasteiger partial charge in [0.15, 0.2) is 11.5 Å². The van der Waals surface area contributed by atoms with Crippen LogP contribution < -0.4 is 14.8 Å². The van der Waals surface area contributed by atoms with E-state index >= 15 is 0 Å². The van der Waals surface area contributed by atoms with Gasteiger partial charge in [-0.2, -0.15) is 0 Å². The molecule has 0 spiro atoms. The predicted octanol–water partition coefficient (Wildman–Crippen LogP) is 4.13. The number of para-hydroxylation sites is 2. The maximum Gasteiger partial charge on any atom is 0.247 e. The number of hydrogen-bond donors (Lipinski definition) is 1. The Kier molecular flexibility index (Phi) is 8.05. The first kappa shape index (κ1) is 26.5. The lowest BCUT2D eigenvalue weighted by Crippen LogP contribution is -2.44. The minimum absolute atomic E-state index is 0.0300. The van der Waals surface area contributed by atoms with Crippen LogP contribution in [0, 0.1) is 0 Å². The smallest absolute Gasteiger partial charge is 0.247 e. The second-order valence-electron chi connectivity index (χ2n) is 9.03. The van der Waals surface area contributed by atoms with Crippen LogP contribution in [0.15, 0.2) is 95.6 Å². The van der Waals surface area contributed by atoms with Crippen LogP contribution in [-0.4, -0.2) is 45.9 Å². The van der Waals surface area contributed by atoms with Crippen molar-refractivity contribution in [2.45, 2.75) is 25.7 Å². The molecule has 0 aliphatic heterocycles. The number of carbonyl (C=O) groups excluding carboxylic acids is 2. The fourth-order valence-electron chi connectivity index (χ4n) is 4.61. The Hall–Kier alpha value is -5.12. The van der Waals surface area contributed by atoms with Gasteiger partial charge in [0.25, 0.3) is 0 Å². The Morgan fingerprint density at radius 3 is 2.50 bits per heavy atom. The van der Waals surface area contributed by atoms with E-state index in [4.69, 9.17) is 13.9 Å². The fourth-order valence-corrected chi connectivity index (χ4v) is 4.61. The summed E-state index contributed by atoms with van der Waals surface area (Å²) in [4.78, 5) is 29.5.